The fourth-order valence-electron chi connectivity index (χ4n) is 2.62. The Bertz CT molecular complexity index is 337. The van der Waals surface area contributed by atoms with Crippen molar-refractivity contribution in [3.63, 3.8) is 0 Å². The van der Waals surface area contributed by atoms with Crippen molar-refractivity contribution < 1.29 is 19.4 Å². The zero-order chi connectivity index (χ0) is 15.2. The van der Waals surface area contributed by atoms with E-state index in [4.69, 9.17) is 4.74 Å². The van der Waals surface area contributed by atoms with Crippen molar-refractivity contribution in [2.24, 2.45) is 11.3 Å². The molecule has 0 aromatic heterocycles. The molecule has 1 saturated carbocycles. The topological polar surface area (TPSA) is 75.6 Å². The molecule has 1 aliphatic carbocycles. The van der Waals surface area contributed by atoms with E-state index in [-0.39, 0.29) is 18.4 Å². The zero-order valence-corrected chi connectivity index (χ0v) is 12.8. The fraction of sp³-hybridized carbons (Fsp3) is 0.867. The van der Waals surface area contributed by atoms with Gasteiger partial charge in [0, 0.05) is 19.6 Å². The quantitative estimate of drug-likeness (QED) is 0.681. The summed E-state index contributed by atoms with van der Waals surface area (Å²) in [6.07, 6.45) is 3.13. The molecule has 1 rings (SSSR count). The van der Waals surface area contributed by atoms with Gasteiger partial charge < -0.3 is 15.2 Å². The average Bonchev–Trinajstić information content (AvgIpc) is 2.32. The summed E-state index contributed by atoms with van der Waals surface area (Å²) in [5.74, 6) is -0.594. The van der Waals surface area contributed by atoms with E-state index in [1.807, 2.05) is 6.92 Å². The minimum Gasteiger partial charge on any atom is -0.481 e. The Hall–Kier alpha value is -1.10. The summed E-state index contributed by atoms with van der Waals surface area (Å²) in [6, 6.07) is 0. The van der Waals surface area contributed by atoms with Gasteiger partial charge >= 0.3 is 5.97 Å². The van der Waals surface area contributed by atoms with Gasteiger partial charge in [0.15, 0.2) is 0 Å². The van der Waals surface area contributed by atoms with Crippen LogP contribution in [-0.2, 0) is 14.3 Å². The molecule has 0 aromatic rings. The summed E-state index contributed by atoms with van der Waals surface area (Å²) in [5, 5.41) is 12.0. The highest BCUT2D eigenvalue weighted by molar-refractivity contribution is 5.85. The van der Waals surface area contributed by atoms with Crippen LogP contribution in [0.1, 0.15) is 52.9 Å². The molecule has 5 nitrogen and oxygen atoms in total. The lowest BCUT2D eigenvalue weighted by atomic mass is 9.66. The third-order valence-electron chi connectivity index (χ3n) is 4.14. The molecule has 1 unspecified atom stereocenters. The lowest BCUT2D eigenvalue weighted by Gasteiger charge is -2.37. The molecule has 1 aliphatic rings. The number of hydrogen-bond donors (Lipinski definition) is 2. The summed E-state index contributed by atoms with van der Waals surface area (Å²) in [6.45, 7) is 7.35. The van der Waals surface area contributed by atoms with Crippen molar-refractivity contribution in [3.05, 3.63) is 0 Å². The summed E-state index contributed by atoms with van der Waals surface area (Å²) in [4.78, 5) is 23.0. The molecule has 20 heavy (non-hydrogen) atoms. The number of carboxylic acids is 1. The van der Waals surface area contributed by atoms with Crippen molar-refractivity contribution in [3.8, 4) is 0 Å². The van der Waals surface area contributed by atoms with Crippen LogP contribution in [0.5, 0.6) is 0 Å². The van der Waals surface area contributed by atoms with E-state index >= 15 is 0 Å². The molecular formula is C15H27NO4. The molecule has 116 valence electrons. The van der Waals surface area contributed by atoms with Crippen LogP contribution in [0.25, 0.3) is 0 Å². The Labute approximate surface area is 121 Å². The number of ether oxygens (including phenoxy) is 1. The van der Waals surface area contributed by atoms with Crippen LogP contribution in [0.15, 0.2) is 0 Å². The van der Waals surface area contributed by atoms with Crippen LogP contribution in [0, 0.1) is 11.3 Å². The third-order valence-corrected chi connectivity index (χ3v) is 4.14. The number of rotatable bonds is 9. The van der Waals surface area contributed by atoms with Gasteiger partial charge in [-0.3, -0.25) is 9.59 Å². The van der Waals surface area contributed by atoms with E-state index in [2.05, 4.69) is 19.2 Å². The van der Waals surface area contributed by atoms with Gasteiger partial charge in [-0.15, -0.1) is 0 Å². The normalized spacial score (nSPS) is 18.4. The van der Waals surface area contributed by atoms with E-state index in [9.17, 15) is 14.7 Å². The molecule has 0 radical (unpaired) electrons. The highest BCUT2D eigenvalue weighted by Crippen LogP contribution is 2.44. The van der Waals surface area contributed by atoms with E-state index in [1.165, 1.54) is 0 Å². The zero-order valence-electron chi connectivity index (χ0n) is 12.8. The van der Waals surface area contributed by atoms with E-state index in [1.54, 1.807) is 0 Å². The Morgan fingerprint density at radius 2 is 2.00 bits per heavy atom. The summed E-state index contributed by atoms with van der Waals surface area (Å²) >= 11 is 0. The van der Waals surface area contributed by atoms with Gasteiger partial charge in [-0.25, -0.2) is 0 Å². The summed E-state index contributed by atoms with van der Waals surface area (Å²) in [5.41, 5.74) is -0.804. The van der Waals surface area contributed by atoms with Crippen LogP contribution in [-0.4, -0.2) is 36.2 Å². The second kappa shape index (κ2) is 7.62. The average molecular weight is 285 g/mol. The lowest BCUT2D eigenvalue weighted by Crippen LogP contribution is -2.43. The first kappa shape index (κ1) is 17.0. The molecule has 0 saturated heterocycles. The minimum atomic E-state index is -0.840. The van der Waals surface area contributed by atoms with Crippen LogP contribution in [0.2, 0.25) is 0 Å². The first-order chi connectivity index (χ1) is 9.41. The van der Waals surface area contributed by atoms with Crippen molar-refractivity contribution in [2.75, 3.05) is 13.2 Å². The second-order valence-electron chi connectivity index (χ2n) is 5.99. The summed E-state index contributed by atoms with van der Waals surface area (Å²) in [7, 11) is 0. The van der Waals surface area contributed by atoms with Gasteiger partial charge in [-0.05, 0) is 32.1 Å². The van der Waals surface area contributed by atoms with Gasteiger partial charge in [0.2, 0.25) is 5.91 Å². The molecule has 0 bridgehead atoms. The summed E-state index contributed by atoms with van der Waals surface area (Å²) < 4.78 is 5.61. The smallest absolute Gasteiger partial charge is 0.310 e. The van der Waals surface area contributed by atoms with Gasteiger partial charge in [-0.1, -0.05) is 20.3 Å². The maximum atomic E-state index is 11.8. The fourth-order valence-corrected chi connectivity index (χ4v) is 2.62. The van der Waals surface area contributed by atoms with Crippen molar-refractivity contribution in [1.29, 1.82) is 0 Å². The number of carbonyl (C=O) groups is 2. The molecule has 0 aromatic carbocycles. The number of hydrogen-bond acceptors (Lipinski definition) is 3. The highest BCUT2D eigenvalue weighted by atomic mass is 16.5. The minimum absolute atomic E-state index is 0.101. The molecule has 1 atom stereocenters. The SMILES string of the molecule is CCOC(CCNC(=O)CC1(C(=O)O)CCC1)C(C)C. The van der Waals surface area contributed by atoms with E-state index in [0.717, 1.165) is 12.8 Å². The number of nitrogens with one attached hydrogen (secondary N) is 1. The van der Waals surface area contributed by atoms with Gasteiger partial charge in [0.25, 0.3) is 0 Å². The lowest BCUT2D eigenvalue weighted by molar-refractivity contribution is -0.157. The molecule has 1 fully saturated rings. The maximum absolute atomic E-state index is 11.8. The Balaban J connectivity index is 2.31. The number of aliphatic carboxylic acids is 1. The second-order valence-corrected chi connectivity index (χ2v) is 5.99. The Kier molecular flexibility index (Phi) is 6.46. The van der Waals surface area contributed by atoms with Gasteiger partial charge in [-0.2, -0.15) is 0 Å². The van der Waals surface area contributed by atoms with Crippen molar-refractivity contribution in [1.82, 2.24) is 5.32 Å². The largest absolute Gasteiger partial charge is 0.481 e. The van der Waals surface area contributed by atoms with Gasteiger partial charge in [0.05, 0.1) is 11.5 Å². The predicted molar refractivity (Wildman–Crippen MR) is 76.4 cm³/mol. The molecular weight excluding hydrogens is 258 g/mol. The Morgan fingerprint density at radius 3 is 2.40 bits per heavy atom. The molecule has 0 heterocycles. The molecule has 5 heteroatoms. The molecule has 0 spiro atoms. The van der Waals surface area contributed by atoms with Crippen molar-refractivity contribution in [2.45, 2.75) is 59.0 Å². The number of amides is 1. The Morgan fingerprint density at radius 1 is 1.35 bits per heavy atom. The first-order valence-corrected chi connectivity index (χ1v) is 7.53. The number of carbonyl (C=O) groups excluding carboxylic acids is 1. The van der Waals surface area contributed by atoms with E-state index in [0.29, 0.717) is 31.9 Å². The standard InChI is InChI=1S/C15H27NO4/c1-4-20-12(11(2)3)6-9-16-13(17)10-15(14(18)19)7-5-8-15/h11-12H,4-10H2,1-3H3,(H,16,17)(H,18,19). The van der Waals surface area contributed by atoms with Crippen molar-refractivity contribution >= 4 is 11.9 Å². The van der Waals surface area contributed by atoms with Crippen LogP contribution in [0.4, 0.5) is 0 Å². The van der Waals surface area contributed by atoms with Gasteiger partial charge in [0.1, 0.15) is 0 Å². The molecule has 0 aliphatic heterocycles. The maximum Gasteiger partial charge on any atom is 0.310 e. The monoisotopic (exact) mass is 285 g/mol. The number of carboxylic acid groups (broad SMARTS) is 1. The van der Waals surface area contributed by atoms with Crippen LogP contribution >= 0.6 is 0 Å². The van der Waals surface area contributed by atoms with Crippen LogP contribution in [0.3, 0.4) is 0 Å². The first-order valence-electron chi connectivity index (χ1n) is 7.53. The highest BCUT2D eigenvalue weighted by Gasteiger charge is 2.45. The molecule has 2 N–H and O–H groups in total. The van der Waals surface area contributed by atoms with E-state index < -0.39 is 11.4 Å². The third kappa shape index (κ3) is 4.47. The van der Waals surface area contributed by atoms with Crippen LogP contribution < -0.4 is 5.32 Å². The predicted octanol–water partition coefficient (Wildman–Crippen LogP) is 2.20. The molecule has 1 amide bonds.